The van der Waals surface area contributed by atoms with Gasteiger partial charge in [0.2, 0.25) is 5.91 Å². The number of rotatable bonds is 3. The fraction of sp³-hybridized carbons (Fsp3) is 0.556. The monoisotopic (exact) mass is 232 g/mol. The molecular weight excluding hydrogens is 216 g/mol. The lowest BCUT2D eigenvalue weighted by atomic mass is 10.2. The fourth-order valence-electron chi connectivity index (χ4n) is 1.03. The van der Waals surface area contributed by atoms with Crippen LogP contribution in [0.2, 0.25) is 0 Å². The highest BCUT2D eigenvalue weighted by molar-refractivity contribution is 5.94. The van der Waals surface area contributed by atoms with Gasteiger partial charge in [-0.25, -0.2) is 0 Å². The molecule has 3 N–H and O–H groups in total. The van der Waals surface area contributed by atoms with Crippen LogP contribution in [-0.4, -0.2) is 21.7 Å². The van der Waals surface area contributed by atoms with Crippen molar-refractivity contribution in [2.24, 2.45) is 12.8 Å². The molecule has 1 amide bonds. The average molecular weight is 233 g/mol. The van der Waals surface area contributed by atoms with Crippen LogP contribution in [0.1, 0.15) is 19.0 Å². The van der Waals surface area contributed by atoms with E-state index in [1.807, 2.05) is 20.9 Å². The summed E-state index contributed by atoms with van der Waals surface area (Å²) >= 11 is 0. The number of carbonyl (C=O) groups excluding carboxylic acids is 1. The maximum absolute atomic E-state index is 11.4. The molecule has 0 aliphatic carbocycles. The second kappa shape index (κ2) is 5.72. The summed E-state index contributed by atoms with van der Waals surface area (Å²) in [7, 11) is 1.82. The van der Waals surface area contributed by atoms with E-state index in [9.17, 15) is 4.79 Å². The predicted octanol–water partition coefficient (Wildman–Crippen LogP) is 0.826. The number of nitrogens with one attached hydrogen (secondary N) is 1. The lowest BCUT2D eigenvalue weighted by Gasteiger charge is -2.09. The van der Waals surface area contributed by atoms with E-state index in [0.29, 0.717) is 6.42 Å². The van der Waals surface area contributed by atoms with Crippen molar-refractivity contribution in [1.82, 2.24) is 9.78 Å². The van der Waals surface area contributed by atoms with Crippen molar-refractivity contribution in [3.05, 3.63) is 11.9 Å². The molecule has 0 aliphatic rings. The molecular formula is C9H17ClN4O. The van der Waals surface area contributed by atoms with Crippen molar-refractivity contribution in [2.45, 2.75) is 26.3 Å². The van der Waals surface area contributed by atoms with Crippen LogP contribution >= 0.6 is 12.4 Å². The summed E-state index contributed by atoms with van der Waals surface area (Å²) in [5, 5.41) is 6.75. The molecule has 15 heavy (non-hydrogen) atoms. The Kier molecular flexibility index (Phi) is 5.32. The Morgan fingerprint density at radius 1 is 1.73 bits per heavy atom. The van der Waals surface area contributed by atoms with E-state index in [0.717, 1.165) is 11.4 Å². The van der Waals surface area contributed by atoms with Crippen LogP contribution in [0.25, 0.3) is 0 Å². The molecule has 0 bridgehead atoms. The molecule has 0 fully saturated rings. The van der Waals surface area contributed by atoms with Gasteiger partial charge in [0.25, 0.3) is 0 Å². The van der Waals surface area contributed by atoms with Gasteiger partial charge in [0.15, 0.2) is 0 Å². The van der Waals surface area contributed by atoms with Gasteiger partial charge >= 0.3 is 0 Å². The summed E-state index contributed by atoms with van der Waals surface area (Å²) in [6, 6.07) is -0.449. The summed E-state index contributed by atoms with van der Waals surface area (Å²) < 4.78 is 1.70. The van der Waals surface area contributed by atoms with E-state index < -0.39 is 6.04 Å². The quantitative estimate of drug-likeness (QED) is 0.811. The Bertz CT molecular complexity index is 337. The van der Waals surface area contributed by atoms with Crippen LogP contribution in [0.5, 0.6) is 0 Å². The molecule has 0 aromatic carbocycles. The van der Waals surface area contributed by atoms with Gasteiger partial charge in [-0.15, -0.1) is 12.4 Å². The summed E-state index contributed by atoms with van der Waals surface area (Å²) in [5.41, 5.74) is 7.22. The molecule has 1 unspecified atom stereocenters. The predicted molar refractivity (Wildman–Crippen MR) is 62.1 cm³/mol. The van der Waals surface area contributed by atoms with Crippen LogP contribution < -0.4 is 11.1 Å². The van der Waals surface area contributed by atoms with E-state index in [4.69, 9.17) is 5.73 Å². The van der Waals surface area contributed by atoms with E-state index in [-0.39, 0.29) is 18.3 Å². The van der Waals surface area contributed by atoms with Crippen LogP contribution in [-0.2, 0) is 11.8 Å². The van der Waals surface area contributed by atoms with Gasteiger partial charge in [0, 0.05) is 7.05 Å². The molecule has 0 radical (unpaired) electrons. The second-order valence-electron chi connectivity index (χ2n) is 3.27. The van der Waals surface area contributed by atoms with Gasteiger partial charge in [-0.1, -0.05) is 6.92 Å². The minimum Gasteiger partial charge on any atom is -0.322 e. The Labute approximate surface area is 95.4 Å². The van der Waals surface area contributed by atoms with Crippen molar-refractivity contribution in [3.8, 4) is 0 Å². The van der Waals surface area contributed by atoms with Crippen molar-refractivity contribution >= 4 is 24.0 Å². The van der Waals surface area contributed by atoms with Crippen molar-refractivity contribution in [3.63, 3.8) is 0 Å². The minimum atomic E-state index is -0.449. The Morgan fingerprint density at radius 3 is 2.73 bits per heavy atom. The normalized spacial score (nSPS) is 11.7. The zero-order valence-corrected chi connectivity index (χ0v) is 9.97. The molecule has 0 aliphatic heterocycles. The maximum atomic E-state index is 11.4. The van der Waals surface area contributed by atoms with Crippen molar-refractivity contribution < 1.29 is 4.79 Å². The van der Waals surface area contributed by atoms with Crippen LogP contribution in [0, 0.1) is 6.92 Å². The summed E-state index contributed by atoms with van der Waals surface area (Å²) in [4.78, 5) is 11.4. The Hall–Kier alpha value is -1.07. The lowest BCUT2D eigenvalue weighted by molar-refractivity contribution is -0.117. The average Bonchev–Trinajstić information content (AvgIpc) is 2.48. The first kappa shape index (κ1) is 13.9. The standard InChI is InChI=1S/C9H16N4O.ClH/c1-4-7(10)9(14)12-8-5-11-13(3)6(8)2;/h5,7H,4,10H2,1-3H3,(H,12,14);1H. The van der Waals surface area contributed by atoms with Gasteiger partial charge in [0.05, 0.1) is 23.6 Å². The highest BCUT2D eigenvalue weighted by Gasteiger charge is 2.13. The zero-order valence-electron chi connectivity index (χ0n) is 9.15. The van der Waals surface area contributed by atoms with Crippen LogP contribution in [0.4, 0.5) is 5.69 Å². The van der Waals surface area contributed by atoms with Gasteiger partial charge in [0.1, 0.15) is 0 Å². The SMILES string of the molecule is CCC(N)C(=O)Nc1cnn(C)c1C.Cl. The number of anilines is 1. The molecule has 1 aromatic heterocycles. The first-order valence-electron chi connectivity index (χ1n) is 4.61. The fourth-order valence-corrected chi connectivity index (χ4v) is 1.03. The van der Waals surface area contributed by atoms with Crippen LogP contribution in [0.15, 0.2) is 6.20 Å². The van der Waals surface area contributed by atoms with E-state index in [1.165, 1.54) is 0 Å². The van der Waals surface area contributed by atoms with Crippen molar-refractivity contribution in [2.75, 3.05) is 5.32 Å². The summed E-state index contributed by atoms with van der Waals surface area (Å²) in [6.07, 6.45) is 2.25. The molecule has 1 aromatic rings. The first-order valence-corrected chi connectivity index (χ1v) is 4.61. The number of nitrogens with two attached hydrogens (primary N) is 1. The van der Waals surface area contributed by atoms with Gasteiger partial charge in [-0.3, -0.25) is 9.48 Å². The van der Waals surface area contributed by atoms with Gasteiger partial charge in [-0.05, 0) is 13.3 Å². The van der Waals surface area contributed by atoms with E-state index in [2.05, 4.69) is 10.4 Å². The molecule has 86 valence electrons. The van der Waals surface area contributed by atoms with Crippen molar-refractivity contribution in [1.29, 1.82) is 0 Å². The highest BCUT2D eigenvalue weighted by Crippen LogP contribution is 2.12. The number of halogens is 1. The Morgan fingerprint density at radius 2 is 2.33 bits per heavy atom. The molecule has 1 heterocycles. The molecule has 0 saturated heterocycles. The number of carbonyl (C=O) groups is 1. The largest absolute Gasteiger partial charge is 0.322 e. The molecule has 1 rings (SSSR count). The number of aryl methyl sites for hydroxylation is 1. The molecule has 1 atom stereocenters. The third kappa shape index (κ3) is 3.21. The van der Waals surface area contributed by atoms with Gasteiger partial charge in [-0.2, -0.15) is 5.10 Å². The topological polar surface area (TPSA) is 72.9 Å². The third-order valence-electron chi connectivity index (χ3n) is 2.27. The molecule has 6 heteroatoms. The molecule has 0 spiro atoms. The zero-order chi connectivity index (χ0) is 10.7. The number of aromatic nitrogens is 2. The molecule has 5 nitrogen and oxygen atoms in total. The minimum absolute atomic E-state index is 0. The number of nitrogens with zero attached hydrogens (tertiary/aromatic N) is 2. The number of hydrogen-bond donors (Lipinski definition) is 2. The number of amides is 1. The smallest absolute Gasteiger partial charge is 0.241 e. The van der Waals surface area contributed by atoms with E-state index in [1.54, 1.807) is 10.9 Å². The first-order chi connectivity index (χ1) is 6.56. The number of hydrogen-bond acceptors (Lipinski definition) is 3. The second-order valence-corrected chi connectivity index (χ2v) is 3.27. The van der Waals surface area contributed by atoms with Crippen LogP contribution in [0.3, 0.4) is 0 Å². The Balaban J connectivity index is 0.00000196. The summed E-state index contributed by atoms with van der Waals surface area (Å²) in [5.74, 6) is -0.163. The lowest BCUT2D eigenvalue weighted by Crippen LogP contribution is -2.34. The van der Waals surface area contributed by atoms with Gasteiger partial charge < -0.3 is 11.1 Å². The summed E-state index contributed by atoms with van der Waals surface area (Å²) in [6.45, 7) is 3.76. The highest BCUT2D eigenvalue weighted by atomic mass is 35.5. The third-order valence-corrected chi connectivity index (χ3v) is 2.27. The van der Waals surface area contributed by atoms with E-state index >= 15 is 0 Å². The molecule has 0 saturated carbocycles. The maximum Gasteiger partial charge on any atom is 0.241 e.